The van der Waals surface area contributed by atoms with Gasteiger partial charge in [0.2, 0.25) is 0 Å². The van der Waals surface area contributed by atoms with Crippen molar-refractivity contribution in [3.8, 4) is 11.5 Å². The molecule has 0 fully saturated rings. The molecule has 0 saturated heterocycles. The van der Waals surface area contributed by atoms with Gasteiger partial charge in [0.15, 0.2) is 11.5 Å². The van der Waals surface area contributed by atoms with Crippen molar-refractivity contribution in [2.75, 3.05) is 32.6 Å². The Morgan fingerprint density at radius 1 is 1.17 bits per heavy atom. The average Bonchev–Trinajstić information content (AvgIpc) is 2.73. The van der Waals surface area contributed by atoms with Gasteiger partial charge in [-0.1, -0.05) is 24.6 Å². The van der Waals surface area contributed by atoms with Crippen molar-refractivity contribution >= 4 is 11.7 Å². The van der Waals surface area contributed by atoms with E-state index in [0.717, 1.165) is 36.5 Å². The van der Waals surface area contributed by atoms with Gasteiger partial charge in [-0.2, -0.15) is 0 Å². The smallest absolute Gasteiger partial charge is 0.319 e. The van der Waals surface area contributed by atoms with E-state index in [2.05, 4.69) is 34.6 Å². The summed E-state index contributed by atoms with van der Waals surface area (Å²) in [5.74, 6) is 1.46. The third kappa shape index (κ3) is 4.65. The van der Waals surface area contributed by atoms with Crippen LogP contribution >= 0.6 is 0 Å². The average molecular weight is 398 g/mol. The number of anilines is 1. The molecule has 3 rings (SSSR count). The van der Waals surface area contributed by atoms with Crippen LogP contribution in [0.25, 0.3) is 0 Å². The van der Waals surface area contributed by atoms with Crippen molar-refractivity contribution in [3.05, 3.63) is 53.1 Å². The van der Waals surface area contributed by atoms with Crippen LogP contribution in [0.3, 0.4) is 0 Å². The third-order valence-corrected chi connectivity index (χ3v) is 5.57. The molecule has 2 aromatic carbocycles. The molecule has 2 aromatic rings. The predicted octanol–water partition coefficient (Wildman–Crippen LogP) is 4.14. The van der Waals surface area contributed by atoms with Gasteiger partial charge in [0.25, 0.3) is 0 Å². The molecule has 2 amide bonds. The van der Waals surface area contributed by atoms with Crippen molar-refractivity contribution in [2.45, 2.75) is 39.3 Å². The summed E-state index contributed by atoms with van der Waals surface area (Å²) in [6.45, 7) is 8.07. The lowest BCUT2D eigenvalue weighted by atomic mass is 9.88. The van der Waals surface area contributed by atoms with Crippen LogP contribution in [0.15, 0.2) is 36.4 Å². The van der Waals surface area contributed by atoms with E-state index in [1.807, 2.05) is 38.1 Å². The number of ether oxygens (including phenoxy) is 2. The molecule has 1 aliphatic rings. The monoisotopic (exact) mass is 397 g/mol. The second kappa shape index (κ2) is 9.18. The standard InChI is InChI=1S/C23H31N3O3/c1-6-26-12-11-17-13-20(28-4)21(29-5)14-19(17)22(26)16(3)24-23(27)25-18-9-7-15(2)8-10-18/h7-10,13-14,16,22H,6,11-12H2,1-5H3,(H2,24,25,27)/t16-,22+/m1/s1. The number of hydrogen-bond donors (Lipinski definition) is 2. The van der Waals surface area contributed by atoms with Crippen LogP contribution in [0.1, 0.15) is 36.6 Å². The highest BCUT2D eigenvalue weighted by molar-refractivity contribution is 5.89. The molecule has 0 aliphatic carbocycles. The molecule has 1 heterocycles. The fourth-order valence-electron chi connectivity index (χ4n) is 4.06. The van der Waals surface area contributed by atoms with E-state index in [0.29, 0.717) is 5.75 Å². The molecule has 156 valence electrons. The van der Waals surface area contributed by atoms with Gasteiger partial charge in [0, 0.05) is 18.3 Å². The molecule has 1 aliphatic heterocycles. The van der Waals surface area contributed by atoms with E-state index < -0.39 is 0 Å². The van der Waals surface area contributed by atoms with Crippen LogP contribution in [-0.4, -0.2) is 44.3 Å². The number of urea groups is 1. The van der Waals surface area contributed by atoms with Crippen molar-refractivity contribution in [1.29, 1.82) is 0 Å². The second-order valence-electron chi connectivity index (χ2n) is 7.48. The van der Waals surface area contributed by atoms with Gasteiger partial charge in [-0.3, -0.25) is 4.90 Å². The summed E-state index contributed by atoms with van der Waals surface area (Å²) in [4.78, 5) is 15.0. The summed E-state index contributed by atoms with van der Waals surface area (Å²) in [6, 6.07) is 11.7. The molecule has 0 radical (unpaired) electrons. The number of methoxy groups -OCH3 is 2. The summed E-state index contributed by atoms with van der Waals surface area (Å²) in [5.41, 5.74) is 4.36. The third-order valence-electron chi connectivity index (χ3n) is 5.57. The highest BCUT2D eigenvalue weighted by atomic mass is 16.5. The summed E-state index contributed by atoms with van der Waals surface area (Å²) < 4.78 is 11.0. The number of benzene rings is 2. The van der Waals surface area contributed by atoms with E-state index in [1.165, 1.54) is 11.1 Å². The van der Waals surface area contributed by atoms with Crippen molar-refractivity contribution in [3.63, 3.8) is 0 Å². The lowest BCUT2D eigenvalue weighted by Gasteiger charge is -2.40. The van der Waals surface area contributed by atoms with E-state index >= 15 is 0 Å². The summed E-state index contributed by atoms with van der Waals surface area (Å²) in [5, 5.41) is 6.04. The molecule has 6 nitrogen and oxygen atoms in total. The number of carbonyl (C=O) groups excluding carboxylic acids is 1. The van der Waals surface area contributed by atoms with E-state index in [4.69, 9.17) is 9.47 Å². The lowest BCUT2D eigenvalue weighted by Crippen LogP contribution is -2.48. The highest BCUT2D eigenvalue weighted by Gasteiger charge is 2.32. The second-order valence-corrected chi connectivity index (χ2v) is 7.48. The summed E-state index contributed by atoms with van der Waals surface area (Å²) in [7, 11) is 3.30. The Kier molecular flexibility index (Phi) is 6.64. The van der Waals surface area contributed by atoms with E-state index in [1.54, 1.807) is 14.2 Å². The van der Waals surface area contributed by atoms with Crippen molar-refractivity contribution in [2.24, 2.45) is 0 Å². The number of fused-ring (bicyclic) bond motifs is 1. The molecule has 29 heavy (non-hydrogen) atoms. The normalized spacial score (nSPS) is 17.2. The van der Waals surface area contributed by atoms with Gasteiger partial charge in [0.05, 0.1) is 20.3 Å². The molecule has 0 spiro atoms. The fraction of sp³-hybridized carbons (Fsp3) is 0.435. The number of rotatable bonds is 6. The van der Waals surface area contributed by atoms with Gasteiger partial charge in [0.1, 0.15) is 0 Å². The first-order valence-electron chi connectivity index (χ1n) is 10.1. The number of aryl methyl sites for hydroxylation is 1. The minimum atomic E-state index is -0.204. The first-order chi connectivity index (χ1) is 14.0. The first-order valence-corrected chi connectivity index (χ1v) is 10.1. The first kappa shape index (κ1) is 21.0. The molecule has 0 bridgehead atoms. The lowest BCUT2D eigenvalue weighted by molar-refractivity contribution is 0.160. The zero-order valence-electron chi connectivity index (χ0n) is 17.9. The minimum absolute atomic E-state index is 0.0623. The van der Waals surface area contributed by atoms with Gasteiger partial charge < -0.3 is 20.1 Å². The molecule has 2 atom stereocenters. The maximum absolute atomic E-state index is 12.6. The quantitative estimate of drug-likeness (QED) is 0.769. The SMILES string of the molecule is CCN1CCc2cc(OC)c(OC)cc2[C@@H]1[C@@H](C)NC(=O)Nc1ccc(C)cc1. The van der Waals surface area contributed by atoms with E-state index in [-0.39, 0.29) is 18.1 Å². The Labute approximate surface area is 173 Å². The van der Waals surface area contributed by atoms with Gasteiger partial charge in [-0.15, -0.1) is 0 Å². The largest absolute Gasteiger partial charge is 0.493 e. The number of nitrogens with one attached hydrogen (secondary N) is 2. The maximum Gasteiger partial charge on any atom is 0.319 e. The highest BCUT2D eigenvalue weighted by Crippen LogP contribution is 2.39. The number of amides is 2. The Morgan fingerprint density at radius 3 is 2.45 bits per heavy atom. The molecular formula is C23H31N3O3. The summed E-state index contributed by atoms with van der Waals surface area (Å²) >= 11 is 0. The molecule has 0 aromatic heterocycles. The van der Waals surface area contributed by atoms with Crippen LogP contribution < -0.4 is 20.1 Å². The number of carbonyl (C=O) groups is 1. The molecular weight excluding hydrogens is 366 g/mol. The number of hydrogen-bond acceptors (Lipinski definition) is 4. The van der Waals surface area contributed by atoms with Crippen LogP contribution in [0.5, 0.6) is 11.5 Å². The maximum atomic E-state index is 12.6. The van der Waals surface area contributed by atoms with Crippen LogP contribution in [0, 0.1) is 6.92 Å². The van der Waals surface area contributed by atoms with Crippen molar-refractivity contribution in [1.82, 2.24) is 10.2 Å². The number of nitrogens with zero attached hydrogens (tertiary/aromatic N) is 1. The molecule has 6 heteroatoms. The minimum Gasteiger partial charge on any atom is -0.493 e. The summed E-state index contributed by atoms with van der Waals surface area (Å²) in [6.07, 6.45) is 0.947. The van der Waals surface area contributed by atoms with Crippen LogP contribution in [0.2, 0.25) is 0 Å². The zero-order valence-corrected chi connectivity index (χ0v) is 17.9. The van der Waals surface area contributed by atoms with Gasteiger partial charge in [-0.05, 0) is 62.2 Å². The van der Waals surface area contributed by atoms with Gasteiger partial charge >= 0.3 is 6.03 Å². The van der Waals surface area contributed by atoms with Crippen molar-refractivity contribution < 1.29 is 14.3 Å². The Hall–Kier alpha value is -2.73. The Bertz CT molecular complexity index is 851. The fourth-order valence-corrected chi connectivity index (χ4v) is 4.06. The van der Waals surface area contributed by atoms with Crippen LogP contribution in [0.4, 0.5) is 10.5 Å². The Morgan fingerprint density at radius 2 is 1.83 bits per heavy atom. The topological polar surface area (TPSA) is 62.8 Å². The Balaban J connectivity index is 1.81. The number of likely N-dealkylation sites (N-methyl/N-ethyl adjacent to an activating group) is 1. The van der Waals surface area contributed by atoms with Crippen LogP contribution in [-0.2, 0) is 6.42 Å². The molecule has 2 N–H and O–H groups in total. The van der Waals surface area contributed by atoms with Gasteiger partial charge in [-0.25, -0.2) is 4.79 Å². The van der Waals surface area contributed by atoms with E-state index in [9.17, 15) is 4.79 Å². The molecule has 0 unspecified atom stereocenters. The molecule has 0 saturated carbocycles. The predicted molar refractivity (Wildman–Crippen MR) is 116 cm³/mol. The zero-order chi connectivity index (χ0) is 21.0.